The molecule has 0 radical (unpaired) electrons. The zero-order valence-corrected chi connectivity index (χ0v) is 10.2. The first-order chi connectivity index (χ1) is 8.55. The van der Waals surface area contributed by atoms with E-state index in [1.165, 1.54) is 0 Å². The molecule has 2 aromatic heterocycles. The van der Waals surface area contributed by atoms with Crippen LogP contribution in [0, 0.1) is 0 Å². The minimum Gasteiger partial charge on any atom is -0.390 e. The van der Waals surface area contributed by atoms with Crippen LogP contribution in [-0.2, 0) is 0 Å². The number of aromatic amines is 1. The van der Waals surface area contributed by atoms with E-state index in [1.54, 1.807) is 6.33 Å². The van der Waals surface area contributed by atoms with Crippen molar-refractivity contribution in [3.8, 4) is 0 Å². The Labute approximate surface area is 104 Å². The average molecular weight is 248 g/mol. The second-order valence-electron chi connectivity index (χ2n) is 4.99. The van der Waals surface area contributed by atoms with E-state index in [9.17, 15) is 5.11 Å². The standard InChI is InChI=1S/C11H16N6O/c1-11(18)2-4-17(5-3-11)9-7-8(14-6-13-7)15-10(12)16-9/h6,18H,2-5H2,1H3,(H3,12,13,14,15,16). The molecule has 7 nitrogen and oxygen atoms in total. The fraction of sp³-hybridized carbons (Fsp3) is 0.545. The molecule has 1 aliphatic rings. The van der Waals surface area contributed by atoms with Gasteiger partial charge in [-0.2, -0.15) is 9.97 Å². The van der Waals surface area contributed by atoms with Crippen LogP contribution in [0.2, 0.25) is 0 Å². The van der Waals surface area contributed by atoms with Crippen molar-refractivity contribution in [1.82, 2.24) is 19.9 Å². The van der Waals surface area contributed by atoms with E-state index in [2.05, 4.69) is 24.8 Å². The summed E-state index contributed by atoms with van der Waals surface area (Å²) in [4.78, 5) is 17.6. The number of rotatable bonds is 1. The maximum atomic E-state index is 9.96. The molecule has 3 heterocycles. The van der Waals surface area contributed by atoms with Gasteiger partial charge in [0.1, 0.15) is 5.52 Å². The summed E-state index contributed by atoms with van der Waals surface area (Å²) in [6, 6.07) is 0. The summed E-state index contributed by atoms with van der Waals surface area (Å²) in [5.74, 6) is 0.993. The van der Waals surface area contributed by atoms with Crippen molar-refractivity contribution in [2.45, 2.75) is 25.4 Å². The normalized spacial score (nSPS) is 19.3. The number of nitrogens with zero attached hydrogens (tertiary/aromatic N) is 4. The van der Waals surface area contributed by atoms with Crippen LogP contribution in [-0.4, -0.2) is 43.7 Å². The maximum Gasteiger partial charge on any atom is 0.224 e. The van der Waals surface area contributed by atoms with E-state index in [4.69, 9.17) is 5.73 Å². The number of fused-ring (bicyclic) bond motifs is 1. The fourth-order valence-corrected chi connectivity index (χ4v) is 2.26. The van der Waals surface area contributed by atoms with Gasteiger partial charge in [0.25, 0.3) is 0 Å². The van der Waals surface area contributed by atoms with Crippen LogP contribution in [0.5, 0.6) is 0 Å². The van der Waals surface area contributed by atoms with Crippen LogP contribution in [0.15, 0.2) is 6.33 Å². The number of H-pyrrole nitrogens is 1. The Bertz CT molecular complexity index is 568. The van der Waals surface area contributed by atoms with Gasteiger partial charge in [0.15, 0.2) is 11.5 Å². The van der Waals surface area contributed by atoms with E-state index >= 15 is 0 Å². The molecule has 4 N–H and O–H groups in total. The average Bonchev–Trinajstić information content (AvgIpc) is 2.76. The van der Waals surface area contributed by atoms with Gasteiger partial charge in [-0.25, -0.2) is 4.98 Å². The first kappa shape index (κ1) is 11.2. The highest BCUT2D eigenvalue weighted by atomic mass is 16.3. The lowest BCUT2D eigenvalue weighted by atomic mass is 9.94. The van der Waals surface area contributed by atoms with Gasteiger partial charge in [0, 0.05) is 13.1 Å². The predicted molar refractivity (Wildman–Crippen MR) is 68.2 cm³/mol. The van der Waals surface area contributed by atoms with Crippen LogP contribution in [0.4, 0.5) is 11.8 Å². The number of anilines is 2. The Morgan fingerprint density at radius 1 is 1.39 bits per heavy atom. The lowest BCUT2D eigenvalue weighted by molar-refractivity contribution is 0.0350. The third-order valence-corrected chi connectivity index (χ3v) is 3.42. The van der Waals surface area contributed by atoms with E-state index in [1.807, 2.05) is 6.92 Å². The fourth-order valence-electron chi connectivity index (χ4n) is 2.26. The molecule has 96 valence electrons. The molecule has 7 heteroatoms. The first-order valence-corrected chi connectivity index (χ1v) is 5.99. The third-order valence-electron chi connectivity index (χ3n) is 3.42. The van der Waals surface area contributed by atoms with Crippen LogP contribution in [0.3, 0.4) is 0 Å². The van der Waals surface area contributed by atoms with Gasteiger partial charge < -0.3 is 20.7 Å². The second-order valence-corrected chi connectivity index (χ2v) is 4.99. The number of nitrogen functional groups attached to an aromatic ring is 1. The largest absolute Gasteiger partial charge is 0.390 e. The zero-order valence-electron chi connectivity index (χ0n) is 10.2. The molecule has 0 aliphatic carbocycles. The molecule has 3 rings (SSSR count). The van der Waals surface area contributed by atoms with Crippen molar-refractivity contribution < 1.29 is 5.11 Å². The Balaban J connectivity index is 1.97. The molecule has 0 spiro atoms. The van der Waals surface area contributed by atoms with E-state index < -0.39 is 5.60 Å². The lowest BCUT2D eigenvalue weighted by Gasteiger charge is -2.36. The summed E-state index contributed by atoms with van der Waals surface area (Å²) >= 11 is 0. The Hall–Kier alpha value is -1.89. The summed E-state index contributed by atoms with van der Waals surface area (Å²) in [5, 5.41) is 9.96. The van der Waals surface area contributed by atoms with Crippen molar-refractivity contribution in [2.75, 3.05) is 23.7 Å². The van der Waals surface area contributed by atoms with Crippen molar-refractivity contribution in [3.63, 3.8) is 0 Å². The van der Waals surface area contributed by atoms with Crippen LogP contribution < -0.4 is 10.6 Å². The highest BCUT2D eigenvalue weighted by molar-refractivity contribution is 5.84. The molecule has 0 bridgehead atoms. The first-order valence-electron chi connectivity index (χ1n) is 5.99. The SMILES string of the molecule is CC1(O)CCN(c2nc(N)nc3nc[nH]c23)CC1. The van der Waals surface area contributed by atoms with Crippen LogP contribution in [0.25, 0.3) is 11.2 Å². The number of imidazole rings is 1. The van der Waals surface area contributed by atoms with Gasteiger partial charge in [-0.15, -0.1) is 0 Å². The van der Waals surface area contributed by atoms with Crippen molar-refractivity contribution >= 4 is 22.9 Å². The van der Waals surface area contributed by atoms with Crippen molar-refractivity contribution in [3.05, 3.63) is 6.33 Å². The van der Waals surface area contributed by atoms with Gasteiger partial charge in [0.05, 0.1) is 11.9 Å². The number of piperidine rings is 1. The third kappa shape index (κ3) is 1.86. The summed E-state index contributed by atoms with van der Waals surface area (Å²) in [6.45, 7) is 3.36. The Kier molecular flexibility index (Phi) is 2.37. The summed E-state index contributed by atoms with van der Waals surface area (Å²) in [6.07, 6.45) is 3.02. The van der Waals surface area contributed by atoms with E-state index in [0.29, 0.717) is 18.5 Å². The summed E-state index contributed by atoms with van der Waals surface area (Å²) < 4.78 is 0. The van der Waals surface area contributed by atoms with E-state index in [0.717, 1.165) is 24.4 Å². The topological polar surface area (TPSA) is 104 Å². The predicted octanol–water partition coefficient (Wildman–Crippen LogP) is 0.286. The smallest absolute Gasteiger partial charge is 0.224 e. The van der Waals surface area contributed by atoms with Crippen molar-refractivity contribution in [2.24, 2.45) is 0 Å². The summed E-state index contributed by atoms with van der Waals surface area (Å²) in [7, 11) is 0. The molecule has 1 fully saturated rings. The van der Waals surface area contributed by atoms with Gasteiger partial charge in [-0.1, -0.05) is 0 Å². The molecular formula is C11H16N6O. The number of nitrogens with two attached hydrogens (primary N) is 1. The number of aromatic nitrogens is 4. The van der Waals surface area contributed by atoms with Crippen LogP contribution >= 0.6 is 0 Å². The molecule has 18 heavy (non-hydrogen) atoms. The number of nitrogens with one attached hydrogen (secondary N) is 1. The van der Waals surface area contributed by atoms with E-state index in [-0.39, 0.29) is 5.95 Å². The van der Waals surface area contributed by atoms with Gasteiger partial charge >= 0.3 is 0 Å². The molecule has 0 unspecified atom stereocenters. The molecule has 0 saturated carbocycles. The van der Waals surface area contributed by atoms with Gasteiger partial charge in [-0.05, 0) is 19.8 Å². The molecule has 0 aromatic carbocycles. The Morgan fingerprint density at radius 2 is 2.11 bits per heavy atom. The van der Waals surface area contributed by atoms with Gasteiger partial charge in [-0.3, -0.25) is 0 Å². The lowest BCUT2D eigenvalue weighted by Crippen LogP contribution is -2.43. The highest BCUT2D eigenvalue weighted by Gasteiger charge is 2.29. The Morgan fingerprint density at radius 3 is 2.83 bits per heavy atom. The highest BCUT2D eigenvalue weighted by Crippen LogP contribution is 2.28. The second kappa shape index (κ2) is 3.81. The monoisotopic (exact) mass is 248 g/mol. The quantitative estimate of drug-likeness (QED) is 0.670. The van der Waals surface area contributed by atoms with Gasteiger partial charge in [0.2, 0.25) is 5.95 Å². The van der Waals surface area contributed by atoms with Crippen molar-refractivity contribution in [1.29, 1.82) is 0 Å². The molecule has 0 amide bonds. The minimum atomic E-state index is -0.581. The number of hydrogen-bond donors (Lipinski definition) is 3. The van der Waals surface area contributed by atoms with Crippen LogP contribution in [0.1, 0.15) is 19.8 Å². The minimum absolute atomic E-state index is 0.224. The maximum absolute atomic E-state index is 9.96. The summed E-state index contributed by atoms with van der Waals surface area (Å²) in [5.41, 5.74) is 6.49. The zero-order chi connectivity index (χ0) is 12.8. The molecule has 0 atom stereocenters. The number of hydrogen-bond acceptors (Lipinski definition) is 6. The molecule has 1 aliphatic heterocycles. The number of aliphatic hydroxyl groups is 1. The molecular weight excluding hydrogens is 232 g/mol. The molecule has 2 aromatic rings. The molecule has 1 saturated heterocycles.